The zero-order valence-electron chi connectivity index (χ0n) is 23.0. The normalized spacial score (nSPS) is 12.9. The van der Waals surface area contributed by atoms with Gasteiger partial charge in [0.15, 0.2) is 5.82 Å². The summed E-state index contributed by atoms with van der Waals surface area (Å²) in [6.45, 7) is 13.1. The number of anilines is 1. The largest absolute Gasteiger partial charge is 0.467 e. The van der Waals surface area contributed by atoms with Crippen LogP contribution in [0.3, 0.4) is 0 Å². The van der Waals surface area contributed by atoms with E-state index in [-0.39, 0.29) is 24.5 Å². The molecule has 3 aromatic heterocycles. The van der Waals surface area contributed by atoms with E-state index in [1.165, 1.54) is 22.5 Å². The van der Waals surface area contributed by atoms with Crippen molar-refractivity contribution in [2.75, 3.05) is 18.6 Å². The van der Waals surface area contributed by atoms with E-state index in [9.17, 15) is 9.59 Å². The van der Waals surface area contributed by atoms with E-state index in [0.717, 1.165) is 10.4 Å². The number of alkyl carbamates (subject to hydrolysis) is 1. The van der Waals surface area contributed by atoms with Crippen molar-refractivity contribution >= 4 is 51.2 Å². The van der Waals surface area contributed by atoms with Crippen LogP contribution in [0.15, 0.2) is 22.8 Å². The van der Waals surface area contributed by atoms with Gasteiger partial charge >= 0.3 is 12.2 Å². The molecule has 1 atom stereocenters. The van der Waals surface area contributed by atoms with Gasteiger partial charge < -0.3 is 23.9 Å². The Balaban J connectivity index is 2.01. The quantitative estimate of drug-likeness (QED) is 0.317. The summed E-state index contributed by atoms with van der Waals surface area (Å²) in [6.07, 6.45) is 0.853. The smallest absolute Gasteiger partial charge is 0.416 e. The molecular weight excluding hydrogens is 532 g/mol. The van der Waals surface area contributed by atoms with Gasteiger partial charge in [0.1, 0.15) is 17.0 Å². The molecule has 2 amide bonds. The molecule has 3 aromatic rings. The van der Waals surface area contributed by atoms with Crippen LogP contribution in [0.1, 0.15) is 57.7 Å². The first kappa shape index (κ1) is 29.7. The van der Waals surface area contributed by atoms with Crippen molar-refractivity contribution in [1.29, 1.82) is 0 Å². The Bertz CT molecular complexity index is 1260. The first-order chi connectivity index (χ1) is 17.7. The maximum absolute atomic E-state index is 13.3. The van der Waals surface area contributed by atoms with Crippen LogP contribution in [0.2, 0.25) is 5.28 Å². The van der Waals surface area contributed by atoms with Crippen LogP contribution < -0.4 is 10.2 Å². The summed E-state index contributed by atoms with van der Waals surface area (Å²) in [6, 6.07) is 3.14. The molecule has 0 radical (unpaired) electrons. The molecule has 0 saturated carbocycles. The molecule has 10 nitrogen and oxygen atoms in total. The van der Waals surface area contributed by atoms with Crippen LogP contribution >= 0.6 is 22.9 Å². The van der Waals surface area contributed by atoms with Crippen LogP contribution in [-0.2, 0) is 27.2 Å². The summed E-state index contributed by atoms with van der Waals surface area (Å²) in [5, 5.41) is 2.87. The number of carbonyl (C=O) groups excluding carboxylic acids is 2. The molecule has 1 unspecified atom stereocenters. The number of thiophene rings is 1. The van der Waals surface area contributed by atoms with E-state index in [2.05, 4.69) is 15.3 Å². The number of hydrogen-bond acceptors (Lipinski definition) is 9. The zero-order valence-corrected chi connectivity index (χ0v) is 24.6. The van der Waals surface area contributed by atoms with Gasteiger partial charge in [-0.15, -0.1) is 11.3 Å². The number of rotatable bonds is 8. The van der Waals surface area contributed by atoms with Gasteiger partial charge in [-0.3, -0.25) is 4.90 Å². The van der Waals surface area contributed by atoms with Crippen molar-refractivity contribution in [3.05, 3.63) is 39.9 Å². The zero-order chi connectivity index (χ0) is 28.3. The Hall–Kier alpha value is -2.89. The minimum Gasteiger partial charge on any atom is -0.467 e. The van der Waals surface area contributed by atoms with Crippen LogP contribution in [0, 0.1) is 6.92 Å². The molecule has 0 aliphatic heterocycles. The van der Waals surface area contributed by atoms with E-state index < -0.39 is 23.4 Å². The predicted molar refractivity (Wildman–Crippen MR) is 147 cm³/mol. The maximum atomic E-state index is 13.3. The molecule has 0 aromatic carbocycles. The summed E-state index contributed by atoms with van der Waals surface area (Å²) in [4.78, 5) is 36.9. The number of halogens is 1. The molecule has 208 valence electrons. The number of carbonyl (C=O) groups is 2. The second kappa shape index (κ2) is 11.9. The SMILES string of the molecule is COCC(Cc1sc2c(N(Cc3ccco3)C(=O)OC(C)(C)C)nc(Cl)nc2c1C)NC(=O)OC(C)(C)C. The fraction of sp³-hybridized carbons (Fsp3) is 0.538. The maximum Gasteiger partial charge on any atom is 0.416 e. The number of fused-ring (bicyclic) bond motifs is 1. The number of furan rings is 1. The second-order valence-corrected chi connectivity index (χ2v) is 12.2. The minimum absolute atomic E-state index is 0.00623. The molecule has 38 heavy (non-hydrogen) atoms. The Morgan fingerprint density at radius 2 is 1.84 bits per heavy atom. The highest BCUT2D eigenvalue weighted by molar-refractivity contribution is 7.19. The number of amides is 2. The number of aryl methyl sites for hydroxylation is 1. The lowest BCUT2D eigenvalue weighted by Gasteiger charge is -2.26. The van der Waals surface area contributed by atoms with Gasteiger partial charge in [-0.25, -0.2) is 14.6 Å². The molecule has 1 N–H and O–H groups in total. The van der Waals surface area contributed by atoms with Crippen molar-refractivity contribution in [2.45, 2.75) is 78.7 Å². The molecule has 0 bridgehead atoms. The average molecular weight is 567 g/mol. The summed E-state index contributed by atoms with van der Waals surface area (Å²) < 4.78 is 22.6. The third kappa shape index (κ3) is 8.05. The Labute approximate surface area is 231 Å². The topological polar surface area (TPSA) is 116 Å². The molecule has 0 spiro atoms. The summed E-state index contributed by atoms with van der Waals surface area (Å²) >= 11 is 7.76. The van der Waals surface area contributed by atoms with E-state index >= 15 is 0 Å². The third-order valence-corrected chi connectivity index (χ3v) is 6.57. The molecular formula is C26H35ClN4O6S. The van der Waals surface area contributed by atoms with Crippen LogP contribution in [-0.4, -0.2) is 53.1 Å². The van der Waals surface area contributed by atoms with E-state index in [1.54, 1.807) is 60.8 Å². The van der Waals surface area contributed by atoms with Crippen LogP contribution in [0.5, 0.6) is 0 Å². The van der Waals surface area contributed by atoms with Crippen LogP contribution in [0.25, 0.3) is 10.2 Å². The first-order valence-electron chi connectivity index (χ1n) is 12.1. The standard InChI is InChI=1S/C26H35ClN4O6S/c1-15-18(12-16(14-34-8)28-23(32)36-25(2,3)4)38-20-19(15)29-22(27)30-21(20)31(13-17-10-9-11-35-17)24(33)37-26(5,6)7/h9-11,16H,12-14H2,1-8H3,(H,28,32). The van der Waals surface area contributed by atoms with E-state index in [1.807, 2.05) is 6.92 Å². The van der Waals surface area contributed by atoms with E-state index in [4.69, 9.17) is 30.2 Å². The third-order valence-electron chi connectivity index (χ3n) is 5.10. The summed E-state index contributed by atoms with van der Waals surface area (Å²) in [5.74, 6) is 0.863. The van der Waals surface area contributed by atoms with E-state index in [0.29, 0.717) is 28.2 Å². The highest BCUT2D eigenvalue weighted by Gasteiger charge is 2.30. The summed E-state index contributed by atoms with van der Waals surface area (Å²) in [7, 11) is 1.57. The van der Waals surface area contributed by atoms with Crippen LogP contribution in [0.4, 0.5) is 15.4 Å². The molecule has 12 heteroatoms. The highest BCUT2D eigenvalue weighted by atomic mass is 35.5. The van der Waals surface area contributed by atoms with Crippen molar-refractivity contribution in [3.8, 4) is 0 Å². The van der Waals surface area contributed by atoms with Crippen molar-refractivity contribution in [1.82, 2.24) is 15.3 Å². The van der Waals surface area contributed by atoms with Gasteiger partial charge in [0.25, 0.3) is 0 Å². The lowest BCUT2D eigenvalue weighted by atomic mass is 10.1. The van der Waals surface area contributed by atoms with Crippen molar-refractivity contribution in [2.24, 2.45) is 0 Å². The lowest BCUT2D eigenvalue weighted by Crippen LogP contribution is -2.42. The molecule has 0 aliphatic rings. The fourth-order valence-electron chi connectivity index (χ4n) is 3.62. The number of hydrogen-bond donors (Lipinski definition) is 1. The van der Waals surface area contributed by atoms with Gasteiger partial charge in [-0.2, -0.15) is 4.98 Å². The number of nitrogens with one attached hydrogen (secondary N) is 1. The van der Waals surface area contributed by atoms with Gasteiger partial charge in [0.05, 0.1) is 35.7 Å². The van der Waals surface area contributed by atoms with Gasteiger partial charge in [0, 0.05) is 18.4 Å². The van der Waals surface area contributed by atoms with Gasteiger partial charge in [-0.1, -0.05) is 0 Å². The predicted octanol–water partition coefficient (Wildman–Crippen LogP) is 6.27. The van der Waals surface area contributed by atoms with Gasteiger partial charge in [0.2, 0.25) is 5.28 Å². The van der Waals surface area contributed by atoms with Crippen molar-refractivity contribution in [3.63, 3.8) is 0 Å². The number of methoxy groups -OCH3 is 1. The fourth-order valence-corrected chi connectivity index (χ4v) is 5.11. The monoisotopic (exact) mass is 566 g/mol. The summed E-state index contributed by atoms with van der Waals surface area (Å²) in [5.41, 5.74) is 0.118. The molecule has 0 aliphatic carbocycles. The Morgan fingerprint density at radius 1 is 1.16 bits per heavy atom. The molecule has 3 rings (SSSR count). The van der Waals surface area contributed by atoms with Crippen molar-refractivity contribution < 1.29 is 28.2 Å². The lowest BCUT2D eigenvalue weighted by molar-refractivity contribution is 0.0468. The molecule has 0 fully saturated rings. The average Bonchev–Trinajstić information content (AvgIpc) is 3.38. The number of nitrogens with zero attached hydrogens (tertiary/aromatic N) is 3. The highest BCUT2D eigenvalue weighted by Crippen LogP contribution is 2.38. The molecule has 3 heterocycles. The first-order valence-corrected chi connectivity index (χ1v) is 13.3. The number of ether oxygens (including phenoxy) is 3. The number of aromatic nitrogens is 2. The Morgan fingerprint density at radius 3 is 2.42 bits per heavy atom. The Kier molecular flexibility index (Phi) is 9.27. The molecule has 0 saturated heterocycles. The second-order valence-electron chi connectivity index (χ2n) is 10.8. The van der Waals surface area contributed by atoms with Gasteiger partial charge in [-0.05, 0) is 77.8 Å². The minimum atomic E-state index is -0.730.